The van der Waals surface area contributed by atoms with Crippen LogP contribution in [0, 0.1) is 6.92 Å². The van der Waals surface area contributed by atoms with E-state index in [2.05, 4.69) is 29.1 Å². The van der Waals surface area contributed by atoms with E-state index in [0.29, 0.717) is 5.25 Å². The van der Waals surface area contributed by atoms with Gasteiger partial charge in [-0.25, -0.2) is 9.97 Å². The van der Waals surface area contributed by atoms with Gasteiger partial charge in [0.1, 0.15) is 11.6 Å². The summed E-state index contributed by atoms with van der Waals surface area (Å²) in [5.41, 5.74) is 1.07. The van der Waals surface area contributed by atoms with E-state index in [9.17, 15) is 0 Å². The third kappa shape index (κ3) is 3.60. The van der Waals surface area contributed by atoms with Crippen LogP contribution in [0.25, 0.3) is 0 Å². The van der Waals surface area contributed by atoms with Crippen LogP contribution >= 0.6 is 11.8 Å². The van der Waals surface area contributed by atoms with Crippen LogP contribution in [-0.2, 0) is 0 Å². The number of aromatic nitrogens is 2. The van der Waals surface area contributed by atoms with E-state index in [-0.39, 0.29) is 0 Å². The van der Waals surface area contributed by atoms with E-state index in [1.165, 1.54) is 25.0 Å². The van der Waals surface area contributed by atoms with Gasteiger partial charge in [0.15, 0.2) is 0 Å². The highest BCUT2D eigenvalue weighted by molar-refractivity contribution is 7.99. The molecule has 1 fully saturated rings. The number of hydrogen-bond acceptors (Lipinski definition) is 4. The van der Waals surface area contributed by atoms with Crippen LogP contribution in [0.1, 0.15) is 49.4 Å². The van der Waals surface area contributed by atoms with Crippen molar-refractivity contribution in [1.82, 2.24) is 9.97 Å². The second-order valence-corrected chi connectivity index (χ2v) is 5.85. The van der Waals surface area contributed by atoms with Gasteiger partial charge >= 0.3 is 0 Å². The zero-order valence-corrected chi connectivity index (χ0v) is 11.5. The first-order chi connectivity index (χ1) is 8.29. The average Bonchev–Trinajstić information content (AvgIpc) is 2.37. The highest BCUT2D eigenvalue weighted by Crippen LogP contribution is 2.36. The lowest BCUT2D eigenvalue weighted by atomic mass is 10.2. The molecule has 1 aliphatic heterocycles. The summed E-state index contributed by atoms with van der Waals surface area (Å²) >= 11 is 2.00. The molecule has 0 amide bonds. The van der Waals surface area contributed by atoms with Crippen molar-refractivity contribution in [2.24, 2.45) is 0 Å². The van der Waals surface area contributed by atoms with Crippen molar-refractivity contribution in [2.75, 3.05) is 17.6 Å². The van der Waals surface area contributed by atoms with E-state index < -0.39 is 0 Å². The molecule has 4 heteroatoms. The summed E-state index contributed by atoms with van der Waals surface area (Å²) in [6.07, 6.45) is 5.00. The molecule has 17 heavy (non-hydrogen) atoms. The second kappa shape index (κ2) is 6.24. The van der Waals surface area contributed by atoms with Crippen LogP contribution < -0.4 is 5.32 Å². The zero-order valence-electron chi connectivity index (χ0n) is 10.7. The summed E-state index contributed by atoms with van der Waals surface area (Å²) in [5, 5.41) is 3.86. The van der Waals surface area contributed by atoms with Crippen molar-refractivity contribution in [3.8, 4) is 0 Å². The van der Waals surface area contributed by atoms with E-state index in [1.807, 2.05) is 17.8 Å². The van der Waals surface area contributed by atoms with Crippen molar-refractivity contribution in [2.45, 2.75) is 44.8 Å². The van der Waals surface area contributed by atoms with E-state index >= 15 is 0 Å². The molecule has 0 saturated carbocycles. The quantitative estimate of drug-likeness (QED) is 0.888. The molecule has 2 heterocycles. The Morgan fingerprint density at radius 1 is 1.41 bits per heavy atom. The van der Waals surface area contributed by atoms with Gasteiger partial charge in [0, 0.05) is 18.3 Å². The van der Waals surface area contributed by atoms with Crippen LogP contribution in [0.3, 0.4) is 0 Å². The predicted molar refractivity (Wildman–Crippen MR) is 74.6 cm³/mol. The second-order valence-electron chi connectivity index (χ2n) is 4.53. The van der Waals surface area contributed by atoms with Gasteiger partial charge in [-0.3, -0.25) is 0 Å². The maximum atomic E-state index is 4.65. The van der Waals surface area contributed by atoms with Crippen LogP contribution in [0.4, 0.5) is 5.82 Å². The molecule has 1 aromatic rings. The minimum absolute atomic E-state index is 0.505. The molecular formula is C13H21N3S. The van der Waals surface area contributed by atoms with Gasteiger partial charge in [0.2, 0.25) is 0 Å². The van der Waals surface area contributed by atoms with Crippen molar-refractivity contribution < 1.29 is 0 Å². The van der Waals surface area contributed by atoms with E-state index in [1.54, 1.807) is 0 Å². The van der Waals surface area contributed by atoms with Crippen LogP contribution in [0.5, 0.6) is 0 Å². The van der Waals surface area contributed by atoms with Gasteiger partial charge in [0.25, 0.3) is 0 Å². The molecule has 1 aliphatic rings. The number of thioether (sulfide) groups is 1. The largest absolute Gasteiger partial charge is 0.370 e. The SMILES string of the molecule is CCCNc1cc(C)nc(C2CCCCS2)n1. The molecule has 0 aromatic carbocycles. The highest BCUT2D eigenvalue weighted by Gasteiger charge is 2.19. The number of anilines is 1. The first-order valence-corrected chi connectivity index (χ1v) is 7.55. The summed E-state index contributed by atoms with van der Waals surface area (Å²) in [7, 11) is 0. The minimum atomic E-state index is 0.505. The molecular weight excluding hydrogens is 230 g/mol. The molecule has 94 valence electrons. The lowest BCUT2D eigenvalue weighted by Crippen LogP contribution is -2.10. The summed E-state index contributed by atoms with van der Waals surface area (Å²) in [5.74, 6) is 3.26. The lowest BCUT2D eigenvalue weighted by Gasteiger charge is -2.20. The third-order valence-corrected chi connectivity index (χ3v) is 4.27. The van der Waals surface area contributed by atoms with Gasteiger partial charge in [-0.2, -0.15) is 11.8 Å². The van der Waals surface area contributed by atoms with Crippen LogP contribution in [0.2, 0.25) is 0 Å². The molecule has 1 N–H and O–H groups in total. The molecule has 0 aliphatic carbocycles. The third-order valence-electron chi connectivity index (χ3n) is 2.90. The summed E-state index contributed by atoms with van der Waals surface area (Å²) in [6, 6.07) is 2.03. The van der Waals surface area contributed by atoms with Crippen LogP contribution in [-0.4, -0.2) is 22.3 Å². The van der Waals surface area contributed by atoms with Gasteiger partial charge in [-0.1, -0.05) is 13.3 Å². The Morgan fingerprint density at radius 2 is 2.29 bits per heavy atom. The summed E-state index contributed by atoms with van der Waals surface area (Å²) < 4.78 is 0. The Bertz CT molecular complexity index is 362. The number of rotatable bonds is 4. The first kappa shape index (κ1) is 12.7. The molecule has 1 saturated heterocycles. The number of nitrogens with one attached hydrogen (secondary N) is 1. The molecule has 1 atom stereocenters. The molecule has 3 nitrogen and oxygen atoms in total. The maximum Gasteiger partial charge on any atom is 0.143 e. The fourth-order valence-corrected chi connectivity index (χ4v) is 3.27. The normalized spacial score (nSPS) is 20.2. The molecule has 1 unspecified atom stereocenters. The number of hydrogen-bond donors (Lipinski definition) is 1. The van der Waals surface area contributed by atoms with Crippen molar-refractivity contribution >= 4 is 17.6 Å². The van der Waals surface area contributed by atoms with Gasteiger partial charge in [-0.05, 0) is 31.9 Å². The Morgan fingerprint density at radius 3 is 3.00 bits per heavy atom. The van der Waals surface area contributed by atoms with Gasteiger partial charge in [-0.15, -0.1) is 0 Å². The van der Waals surface area contributed by atoms with Crippen LogP contribution in [0.15, 0.2) is 6.07 Å². The van der Waals surface area contributed by atoms with E-state index in [0.717, 1.165) is 30.3 Å². The summed E-state index contributed by atoms with van der Waals surface area (Å²) in [6.45, 7) is 5.20. The molecule has 0 spiro atoms. The average molecular weight is 251 g/mol. The summed E-state index contributed by atoms with van der Waals surface area (Å²) in [4.78, 5) is 9.25. The Hall–Kier alpha value is -0.770. The predicted octanol–water partition coefficient (Wildman–Crippen LogP) is 3.57. The van der Waals surface area contributed by atoms with Crippen molar-refractivity contribution in [3.63, 3.8) is 0 Å². The van der Waals surface area contributed by atoms with Crippen molar-refractivity contribution in [3.05, 3.63) is 17.6 Å². The Balaban J connectivity index is 2.12. The fraction of sp³-hybridized carbons (Fsp3) is 0.692. The number of aryl methyl sites for hydroxylation is 1. The Labute approximate surface area is 108 Å². The maximum absolute atomic E-state index is 4.65. The van der Waals surface area contributed by atoms with Gasteiger partial charge in [0.05, 0.1) is 5.25 Å². The molecule has 1 aromatic heterocycles. The molecule has 2 rings (SSSR count). The van der Waals surface area contributed by atoms with Gasteiger partial charge < -0.3 is 5.32 Å². The lowest BCUT2D eigenvalue weighted by molar-refractivity contribution is 0.660. The number of nitrogens with zero attached hydrogens (tertiary/aromatic N) is 2. The highest BCUT2D eigenvalue weighted by atomic mass is 32.2. The smallest absolute Gasteiger partial charge is 0.143 e. The molecule has 0 radical (unpaired) electrons. The standard InChI is InChI=1S/C13H21N3S/c1-3-7-14-12-9-10(2)15-13(16-12)11-6-4-5-8-17-11/h9,11H,3-8H2,1-2H3,(H,14,15,16). The fourth-order valence-electron chi connectivity index (χ4n) is 2.02. The zero-order chi connectivity index (χ0) is 12.1. The molecule has 0 bridgehead atoms. The monoisotopic (exact) mass is 251 g/mol. The minimum Gasteiger partial charge on any atom is -0.370 e. The van der Waals surface area contributed by atoms with Crippen molar-refractivity contribution in [1.29, 1.82) is 0 Å². The van der Waals surface area contributed by atoms with E-state index in [4.69, 9.17) is 0 Å². The Kier molecular flexibility index (Phi) is 4.66. The first-order valence-electron chi connectivity index (χ1n) is 6.50. The topological polar surface area (TPSA) is 37.8 Å².